The molecule has 2 aromatic carbocycles. The number of nitrogens with zero attached hydrogens (tertiary/aromatic N) is 3. The van der Waals surface area contributed by atoms with Crippen molar-refractivity contribution in [3.63, 3.8) is 0 Å². The topological polar surface area (TPSA) is 163 Å². The molecule has 2 unspecified atom stereocenters. The van der Waals surface area contributed by atoms with E-state index in [-0.39, 0.29) is 41.5 Å². The van der Waals surface area contributed by atoms with Gasteiger partial charge in [0.15, 0.2) is 0 Å². The summed E-state index contributed by atoms with van der Waals surface area (Å²) in [6.45, 7) is 0.0242. The first-order chi connectivity index (χ1) is 18.2. The molecule has 2 aliphatic rings. The molecule has 0 bridgehead atoms. The number of carbonyl (C=O) groups excluding carboxylic acids is 3. The molecule has 2 atom stereocenters. The van der Waals surface area contributed by atoms with Gasteiger partial charge in [0.1, 0.15) is 11.5 Å². The van der Waals surface area contributed by atoms with Crippen LogP contribution in [0.5, 0.6) is 0 Å². The lowest BCUT2D eigenvalue weighted by molar-refractivity contribution is -0.141. The minimum atomic E-state index is -1.05. The highest BCUT2D eigenvalue weighted by Gasteiger charge is 2.43. The Hall–Kier alpha value is -5.11. The zero-order valence-corrected chi connectivity index (χ0v) is 20.6. The molecule has 0 aliphatic carbocycles. The number of carbonyl (C=O) groups is 4. The summed E-state index contributed by atoms with van der Waals surface area (Å²) < 4.78 is 10.0. The van der Waals surface area contributed by atoms with E-state index in [0.717, 1.165) is 14.2 Å². The largest absolute Gasteiger partial charge is 0.481 e. The van der Waals surface area contributed by atoms with Gasteiger partial charge in [-0.05, 0) is 29.8 Å². The lowest BCUT2D eigenvalue weighted by Crippen LogP contribution is -2.40. The normalized spacial score (nSPS) is 19.3. The summed E-state index contributed by atoms with van der Waals surface area (Å²) in [7, 11) is 2.32. The van der Waals surface area contributed by atoms with Gasteiger partial charge in [-0.25, -0.2) is 9.59 Å². The Kier molecular flexibility index (Phi) is 7.16. The average molecular weight is 517 g/mol. The lowest BCUT2D eigenvalue weighted by Gasteiger charge is -2.36. The summed E-state index contributed by atoms with van der Waals surface area (Å²) in [4.78, 5) is 52.5. The third kappa shape index (κ3) is 4.43. The van der Waals surface area contributed by atoms with Crippen LogP contribution in [-0.2, 0) is 28.7 Å². The third-order valence-corrected chi connectivity index (χ3v) is 6.50. The van der Waals surface area contributed by atoms with Crippen LogP contribution in [0.25, 0.3) is 0 Å². The van der Waals surface area contributed by atoms with Gasteiger partial charge in [0, 0.05) is 24.3 Å². The standard InChI is InChI=1S/C27H24N4O7/c1-37-26(35)22-21(15-6-4-3-5-7-15)19(13-28)24(29)31(23(22)27(36)38-2)18-10-8-17(9-11-18)30-14-16(25(33)34)12-20(30)32/h3-11,16,21H,12,14,29H2,1-2H3,(H,33,34). The van der Waals surface area contributed by atoms with Gasteiger partial charge in [0.2, 0.25) is 5.91 Å². The van der Waals surface area contributed by atoms with E-state index >= 15 is 0 Å². The highest BCUT2D eigenvalue weighted by molar-refractivity contribution is 6.06. The van der Waals surface area contributed by atoms with Crippen LogP contribution in [0.3, 0.4) is 0 Å². The van der Waals surface area contributed by atoms with Crippen molar-refractivity contribution >= 4 is 35.2 Å². The second-order valence-electron chi connectivity index (χ2n) is 8.60. The number of nitrogens with two attached hydrogens (primary N) is 1. The zero-order chi connectivity index (χ0) is 27.6. The van der Waals surface area contributed by atoms with Crippen molar-refractivity contribution in [2.24, 2.45) is 11.7 Å². The molecule has 11 nitrogen and oxygen atoms in total. The number of carboxylic acids is 1. The molecule has 0 aromatic heterocycles. The fourth-order valence-electron chi connectivity index (χ4n) is 4.69. The number of methoxy groups -OCH3 is 2. The fourth-order valence-corrected chi connectivity index (χ4v) is 4.69. The van der Waals surface area contributed by atoms with Gasteiger partial charge in [-0.3, -0.25) is 14.5 Å². The average Bonchev–Trinajstić information content (AvgIpc) is 3.33. The molecule has 1 amide bonds. The molecule has 3 N–H and O–H groups in total. The second kappa shape index (κ2) is 10.5. The van der Waals surface area contributed by atoms with Crippen LogP contribution in [0.4, 0.5) is 11.4 Å². The first kappa shape index (κ1) is 26.0. The fraction of sp³-hybridized carbons (Fsp3) is 0.222. The first-order valence-electron chi connectivity index (χ1n) is 11.5. The predicted octanol–water partition coefficient (Wildman–Crippen LogP) is 2.02. The van der Waals surface area contributed by atoms with E-state index in [1.165, 1.54) is 9.80 Å². The highest BCUT2D eigenvalue weighted by Crippen LogP contribution is 2.43. The van der Waals surface area contributed by atoms with Crippen LogP contribution in [-0.4, -0.2) is 49.7 Å². The number of aliphatic carboxylic acids is 1. The van der Waals surface area contributed by atoms with E-state index in [2.05, 4.69) is 6.07 Å². The zero-order valence-electron chi connectivity index (χ0n) is 20.6. The molecule has 0 radical (unpaired) electrons. The number of nitriles is 1. The number of amides is 1. The van der Waals surface area contributed by atoms with Crippen LogP contribution in [0, 0.1) is 17.2 Å². The van der Waals surface area contributed by atoms with Crippen molar-refractivity contribution in [1.29, 1.82) is 5.26 Å². The Balaban J connectivity index is 1.87. The summed E-state index contributed by atoms with van der Waals surface area (Å²) in [5.74, 6) is -5.00. The Labute approximate surface area is 217 Å². The van der Waals surface area contributed by atoms with Gasteiger partial charge in [-0.15, -0.1) is 0 Å². The highest BCUT2D eigenvalue weighted by atomic mass is 16.5. The smallest absolute Gasteiger partial charge is 0.355 e. The van der Waals surface area contributed by atoms with Gasteiger partial charge in [0.25, 0.3) is 0 Å². The number of carboxylic acid groups (broad SMARTS) is 1. The van der Waals surface area contributed by atoms with Gasteiger partial charge in [-0.2, -0.15) is 5.26 Å². The summed E-state index contributed by atoms with van der Waals surface area (Å²) in [6, 6.07) is 16.9. The van der Waals surface area contributed by atoms with E-state index < -0.39 is 29.7 Å². The predicted molar refractivity (Wildman–Crippen MR) is 134 cm³/mol. The number of allylic oxidation sites excluding steroid dienone is 1. The molecule has 1 fully saturated rings. The quantitative estimate of drug-likeness (QED) is 0.543. The summed E-state index contributed by atoms with van der Waals surface area (Å²) in [5.41, 5.74) is 7.44. The van der Waals surface area contributed by atoms with Crippen molar-refractivity contribution in [2.45, 2.75) is 12.3 Å². The monoisotopic (exact) mass is 516 g/mol. The number of esters is 2. The van der Waals surface area contributed by atoms with Crippen molar-refractivity contribution in [2.75, 3.05) is 30.6 Å². The number of ether oxygens (including phenoxy) is 2. The first-order valence-corrected chi connectivity index (χ1v) is 11.5. The maximum atomic E-state index is 13.1. The molecule has 194 valence electrons. The molecule has 11 heteroatoms. The Bertz CT molecular complexity index is 1410. The van der Waals surface area contributed by atoms with Gasteiger partial charge >= 0.3 is 17.9 Å². The molecule has 2 heterocycles. The van der Waals surface area contributed by atoms with Crippen LogP contribution >= 0.6 is 0 Å². The van der Waals surface area contributed by atoms with E-state index in [4.69, 9.17) is 15.2 Å². The van der Waals surface area contributed by atoms with Gasteiger partial charge < -0.3 is 25.2 Å². The summed E-state index contributed by atoms with van der Waals surface area (Å²) in [5, 5.41) is 19.4. The van der Waals surface area contributed by atoms with Crippen LogP contribution in [0.2, 0.25) is 0 Å². The number of benzene rings is 2. The van der Waals surface area contributed by atoms with E-state index in [1.807, 2.05) is 0 Å². The van der Waals surface area contributed by atoms with Crippen molar-refractivity contribution in [1.82, 2.24) is 0 Å². The van der Waals surface area contributed by atoms with E-state index in [9.17, 15) is 29.5 Å². The van der Waals surface area contributed by atoms with Crippen molar-refractivity contribution < 1.29 is 33.8 Å². The summed E-state index contributed by atoms with van der Waals surface area (Å²) in [6.07, 6.45) is -0.108. The molecular formula is C27H24N4O7. The SMILES string of the molecule is COC(=O)C1=C(C(=O)OC)N(c2ccc(N3CC(C(=O)O)CC3=O)cc2)C(N)=C(C#N)C1c1ccccc1. The maximum Gasteiger partial charge on any atom is 0.355 e. The maximum absolute atomic E-state index is 13.1. The van der Waals surface area contributed by atoms with Crippen molar-refractivity contribution in [3.8, 4) is 6.07 Å². The number of hydrogen-bond donors (Lipinski definition) is 2. The molecule has 4 rings (SSSR count). The number of hydrogen-bond acceptors (Lipinski definition) is 9. The molecule has 2 aromatic rings. The Morgan fingerprint density at radius 2 is 1.61 bits per heavy atom. The minimum absolute atomic E-state index is 0.0207. The van der Waals surface area contributed by atoms with E-state index in [1.54, 1.807) is 54.6 Å². The summed E-state index contributed by atoms with van der Waals surface area (Å²) >= 11 is 0. The van der Waals surface area contributed by atoms with Crippen LogP contribution < -0.4 is 15.5 Å². The van der Waals surface area contributed by atoms with Gasteiger partial charge in [-0.1, -0.05) is 30.3 Å². The molecule has 0 saturated carbocycles. The number of rotatable bonds is 6. The van der Waals surface area contributed by atoms with Crippen LogP contribution in [0.1, 0.15) is 17.9 Å². The molecule has 1 saturated heterocycles. The van der Waals surface area contributed by atoms with Crippen LogP contribution in [0.15, 0.2) is 77.3 Å². The molecule has 38 heavy (non-hydrogen) atoms. The van der Waals surface area contributed by atoms with Gasteiger partial charge in [0.05, 0.1) is 43.3 Å². The molecule has 0 spiro atoms. The van der Waals surface area contributed by atoms with E-state index in [0.29, 0.717) is 16.9 Å². The second-order valence-corrected chi connectivity index (χ2v) is 8.60. The van der Waals surface area contributed by atoms with Crippen molar-refractivity contribution in [3.05, 3.63) is 82.8 Å². The third-order valence-electron chi connectivity index (χ3n) is 6.50. The molecule has 2 aliphatic heterocycles. The Morgan fingerprint density at radius 1 is 1.00 bits per heavy atom. The lowest BCUT2D eigenvalue weighted by atomic mass is 9.81. The minimum Gasteiger partial charge on any atom is -0.481 e. The molecular weight excluding hydrogens is 492 g/mol. The Morgan fingerprint density at radius 3 is 2.13 bits per heavy atom. The number of anilines is 2.